The van der Waals surface area contributed by atoms with Crippen molar-refractivity contribution < 1.29 is 13.9 Å². The van der Waals surface area contributed by atoms with Crippen LogP contribution in [0.25, 0.3) is 22.4 Å². The molecule has 5 rings (SSSR count). The van der Waals surface area contributed by atoms with Gasteiger partial charge in [0, 0.05) is 30.6 Å². The normalized spacial score (nSPS) is 16.6. The number of aromatic nitrogens is 3. The quantitative estimate of drug-likeness (QED) is 0.591. The van der Waals surface area contributed by atoms with E-state index in [-0.39, 0.29) is 12.0 Å². The van der Waals surface area contributed by atoms with E-state index in [1.165, 1.54) is 0 Å². The number of H-pyrrole nitrogens is 1. The molecule has 4 aromatic rings. The maximum atomic E-state index is 12.8. The molecule has 1 N–H and O–H groups in total. The average molecular weight is 374 g/mol. The largest absolute Gasteiger partial charge is 0.486 e. The summed E-state index contributed by atoms with van der Waals surface area (Å²) in [6, 6.07) is 15.1. The lowest BCUT2D eigenvalue weighted by atomic mass is 10.2. The zero-order valence-corrected chi connectivity index (χ0v) is 15.0. The van der Waals surface area contributed by atoms with Crippen molar-refractivity contribution in [3.63, 3.8) is 0 Å². The lowest BCUT2D eigenvalue weighted by Gasteiger charge is -2.17. The average Bonchev–Trinajstić information content (AvgIpc) is 3.48. The fourth-order valence-corrected chi connectivity index (χ4v) is 3.51. The molecular formula is C21H18N4O3. The standard InChI is InChI=1S/C21H18N4O3/c26-21(17-12-16(23-24-17)18-7-3-11-27-18)25-10-8-15(13-25)28-19-6-1-4-14-5-2-9-22-20(14)19/h1-7,9,11-12,15H,8,10,13H2,(H,23,24)/t15-/m0/s1. The molecule has 0 unspecified atom stereocenters. The molecule has 1 amide bonds. The van der Waals surface area contributed by atoms with Gasteiger partial charge in [0.2, 0.25) is 0 Å². The van der Waals surface area contributed by atoms with Crippen molar-refractivity contribution in [2.45, 2.75) is 12.5 Å². The second-order valence-electron chi connectivity index (χ2n) is 6.76. The maximum Gasteiger partial charge on any atom is 0.274 e. The van der Waals surface area contributed by atoms with Gasteiger partial charge < -0.3 is 14.1 Å². The molecule has 0 saturated carbocycles. The number of amides is 1. The van der Waals surface area contributed by atoms with Gasteiger partial charge in [-0.15, -0.1) is 0 Å². The number of hydrogen-bond acceptors (Lipinski definition) is 5. The number of rotatable bonds is 4. The van der Waals surface area contributed by atoms with Crippen LogP contribution >= 0.6 is 0 Å². The van der Waals surface area contributed by atoms with E-state index in [4.69, 9.17) is 9.15 Å². The minimum atomic E-state index is -0.115. The van der Waals surface area contributed by atoms with Gasteiger partial charge in [-0.05, 0) is 24.3 Å². The molecule has 0 bridgehead atoms. The molecule has 28 heavy (non-hydrogen) atoms. The molecule has 1 atom stereocenters. The Morgan fingerprint density at radius 1 is 1.21 bits per heavy atom. The number of nitrogens with one attached hydrogen (secondary N) is 1. The minimum Gasteiger partial charge on any atom is -0.486 e. The van der Waals surface area contributed by atoms with E-state index >= 15 is 0 Å². The van der Waals surface area contributed by atoms with Crippen molar-refractivity contribution in [1.82, 2.24) is 20.1 Å². The van der Waals surface area contributed by atoms with Gasteiger partial charge in [0.1, 0.15) is 23.1 Å². The summed E-state index contributed by atoms with van der Waals surface area (Å²) >= 11 is 0. The molecule has 1 fully saturated rings. The first-order valence-corrected chi connectivity index (χ1v) is 9.17. The number of benzene rings is 1. The number of carbonyl (C=O) groups excluding carboxylic acids is 1. The van der Waals surface area contributed by atoms with Crippen molar-refractivity contribution in [2.75, 3.05) is 13.1 Å². The smallest absolute Gasteiger partial charge is 0.274 e. The third-order valence-corrected chi connectivity index (χ3v) is 4.91. The summed E-state index contributed by atoms with van der Waals surface area (Å²) in [4.78, 5) is 19.0. The summed E-state index contributed by atoms with van der Waals surface area (Å²) in [7, 11) is 0. The van der Waals surface area contributed by atoms with E-state index in [0.717, 1.165) is 23.1 Å². The zero-order chi connectivity index (χ0) is 18.9. The third kappa shape index (κ3) is 3.00. The number of furan rings is 1. The Balaban J connectivity index is 1.29. The maximum absolute atomic E-state index is 12.8. The summed E-state index contributed by atoms with van der Waals surface area (Å²) in [6.45, 7) is 1.15. The van der Waals surface area contributed by atoms with Crippen LogP contribution in [0.1, 0.15) is 16.9 Å². The van der Waals surface area contributed by atoms with Crippen LogP contribution in [-0.4, -0.2) is 45.2 Å². The molecular weight excluding hydrogens is 356 g/mol. The molecule has 3 aromatic heterocycles. The molecule has 1 aromatic carbocycles. The van der Waals surface area contributed by atoms with E-state index < -0.39 is 0 Å². The molecule has 0 radical (unpaired) electrons. The van der Waals surface area contributed by atoms with Crippen LogP contribution in [0.2, 0.25) is 0 Å². The highest BCUT2D eigenvalue weighted by Crippen LogP contribution is 2.27. The van der Waals surface area contributed by atoms with E-state index in [1.807, 2.05) is 36.4 Å². The van der Waals surface area contributed by atoms with Crippen LogP contribution in [0.3, 0.4) is 0 Å². The summed E-state index contributed by atoms with van der Waals surface area (Å²) in [5.41, 5.74) is 1.89. The molecule has 7 heteroatoms. The Hall–Kier alpha value is -3.61. The summed E-state index contributed by atoms with van der Waals surface area (Å²) in [5, 5.41) is 8.03. The Kier molecular flexibility index (Phi) is 4.05. The molecule has 7 nitrogen and oxygen atoms in total. The number of fused-ring (bicyclic) bond motifs is 1. The third-order valence-electron chi connectivity index (χ3n) is 4.91. The van der Waals surface area contributed by atoms with Gasteiger partial charge in [0.15, 0.2) is 11.5 Å². The van der Waals surface area contributed by atoms with Crippen molar-refractivity contribution in [3.8, 4) is 17.2 Å². The van der Waals surface area contributed by atoms with Gasteiger partial charge in [-0.3, -0.25) is 14.9 Å². The van der Waals surface area contributed by atoms with Crippen LogP contribution in [-0.2, 0) is 0 Å². The van der Waals surface area contributed by atoms with E-state index in [2.05, 4.69) is 15.2 Å². The molecule has 1 aliphatic heterocycles. The Bertz CT molecular complexity index is 1110. The molecule has 4 heterocycles. The van der Waals surface area contributed by atoms with Gasteiger partial charge in [0.25, 0.3) is 5.91 Å². The van der Waals surface area contributed by atoms with Crippen molar-refractivity contribution in [1.29, 1.82) is 0 Å². The van der Waals surface area contributed by atoms with Crippen LogP contribution in [0, 0.1) is 0 Å². The van der Waals surface area contributed by atoms with Crippen molar-refractivity contribution in [3.05, 3.63) is 66.7 Å². The van der Waals surface area contributed by atoms with E-state index in [0.29, 0.717) is 30.2 Å². The fraction of sp³-hybridized carbons (Fsp3) is 0.190. The Morgan fingerprint density at radius 3 is 3.04 bits per heavy atom. The van der Waals surface area contributed by atoms with Crippen molar-refractivity contribution in [2.24, 2.45) is 0 Å². The first kappa shape index (κ1) is 16.6. The highest BCUT2D eigenvalue weighted by molar-refractivity contribution is 5.93. The van der Waals surface area contributed by atoms with Gasteiger partial charge >= 0.3 is 0 Å². The van der Waals surface area contributed by atoms with Gasteiger partial charge in [-0.1, -0.05) is 18.2 Å². The second kappa shape index (κ2) is 6.84. The number of pyridine rings is 1. The van der Waals surface area contributed by atoms with Crippen molar-refractivity contribution >= 4 is 16.8 Å². The van der Waals surface area contributed by atoms with Gasteiger partial charge in [-0.25, -0.2) is 0 Å². The van der Waals surface area contributed by atoms with Crippen LogP contribution in [0.4, 0.5) is 0 Å². The lowest BCUT2D eigenvalue weighted by molar-refractivity contribution is 0.0767. The fourth-order valence-electron chi connectivity index (χ4n) is 3.51. The van der Waals surface area contributed by atoms with Crippen LogP contribution < -0.4 is 4.74 Å². The Morgan fingerprint density at radius 2 is 2.14 bits per heavy atom. The number of carbonyl (C=O) groups is 1. The molecule has 140 valence electrons. The first-order valence-electron chi connectivity index (χ1n) is 9.17. The summed E-state index contributed by atoms with van der Waals surface area (Å²) < 4.78 is 11.5. The second-order valence-corrected chi connectivity index (χ2v) is 6.76. The number of ether oxygens (including phenoxy) is 1. The highest BCUT2D eigenvalue weighted by atomic mass is 16.5. The van der Waals surface area contributed by atoms with Gasteiger partial charge in [-0.2, -0.15) is 5.10 Å². The van der Waals surface area contributed by atoms with E-state index in [9.17, 15) is 4.79 Å². The number of para-hydroxylation sites is 1. The Labute approximate surface area is 160 Å². The topological polar surface area (TPSA) is 84.2 Å². The predicted octanol–water partition coefficient (Wildman–Crippen LogP) is 3.51. The molecule has 0 spiro atoms. The zero-order valence-electron chi connectivity index (χ0n) is 15.0. The van der Waals surface area contributed by atoms with E-state index in [1.54, 1.807) is 29.5 Å². The molecule has 1 aliphatic rings. The first-order chi connectivity index (χ1) is 13.8. The lowest BCUT2D eigenvalue weighted by Crippen LogP contribution is -2.31. The van der Waals surface area contributed by atoms with Crippen LogP contribution in [0.15, 0.2) is 65.4 Å². The molecule has 0 aliphatic carbocycles. The number of nitrogens with zero attached hydrogens (tertiary/aromatic N) is 3. The molecule has 1 saturated heterocycles. The SMILES string of the molecule is O=C(c1cc(-c2ccco2)[nH]n1)N1CC[C@H](Oc2cccc3cccnc23)C1. The monoisotopic (exact) mass is 374 g/mol. The minimum absolute atomic E-state index is 0.0694. The number of likely N-dealkylation sites (tertiary alicyclic amines) is 1. The predicted molar refractivity (Wildman–Crippen MR) is 103 cm³/mol. The highest BCUT2D eigenvalue weighted by Gasteiger charge is 2.30. The number of aromatic amines is 1. The summed E-state index contributed by atoms with van der Waals surface area (Å²) in [6.07, 6.45) is 4.04. The number of hydrogen-bond donors (Lipinski definition) is 1. The summed E-state index contributed by atoms with van der Waals surface area (Å²) in [5.74, 6) is 1.28. The van der Waals surface area contributed by atoms with Gasteiger partial charge in [0.05, 0.1) is 12.8 Å². The van der Waals surface area contributed by atoms with Crippen LogP contribution in [0.5, 0.6) is 5.75 Å².